The number of carbonyl (C=O) groups is 1. The van der Waals surface area contributed by atoms with Crippen LogP contribution in [0.5, 0.6) is 0 Å². The molecule has 0 spiro atoms. The van der Waals surface area contributed by atoms with Gasteiger partial charge in [0.15, 0.2) is 0 Å². The molecule has 2 aromatic rings. The second kappa shape index (κ2) is 4.06. The highest BCUT2D eigenvalue weighted by molar-refractivity contribution is 6.03. The first kappa shape index (κ1) is 10.2. The maximum atomic E-state index is 11.8. The number of aromatic nitrogens is 2. The van der Waals surface area contributed by atoms with Crippen LogP contribution in [-0.4, -0.2) is 15.7 Å². The van der Waals surface area contributed by atoms with Gasteiger partial charge in [0.2, 0.25) is 0 Å². The molecule has 5 nitrogen and oxygen atoms in total. The minimum absolute atomic E-state index is 0.203. The summed E-state index contributed by atoms with van der Waals surface area (Å²) in [5.74, 6) is -0.203. The minimum Gasteiger partial charge on any atom is -0.399 e. The van der Waals surface area contributed by atoms with E-state index in [9.17, 15) is 4.79 Å². The Bertz CT molecular complexity index is 518. The summed E-state index contributed by atoms with van der Waals surface area (Å²) in [6.45, 7) is 0. The number of nitrogens with zero attached hydrogens (tertiary/aromatic N) is 2. The molecule has 3 N–H and O–H groups in total. The monoisotopic (exact) mass is 216 g/mol. The van der Waals surface area contributed by atoms with Crippen LogP contribution >= 0.6 is 0 Å². The van der Waals surface area contributed by atoms with Crippen molar-refractivity contribution >= 4 is 17.3 Å². The summed E-state index contributed by atoms with van der Waals surface area (Å²) in [5.41, 5.74) is 7.40. The Morgan fingerprint density at radius 1 is 1.44 bits per heavy atom. The van der Waals surface area contributed by atoms with Crippen LogP contribution in [0.3, 0.4) is 0 Å². The third-order valence-corrected chi connectivity index (χ3v) is 2.20. The molecule has 16 heavy (non-hydrogen) atoms. The zero-order valence-electron chi connectivity index (χ0n) is 8.84. The lowest BCUT2D eigenvalue weighted by Gasteiger charge is -2.05. The van der Waals surface area contributed by atoms with Crippen LogP contribution in [0.15, 0.2) is 36.5 Å². The topological polar surface area (TPSA) is 72.9 Å². The van der Waals surface area contributed by atoms with Gasteiger partial charge < -0.3 is 11.1 Å². The van der Waals surface area contributed by atoms with E-state index in [2.05, 4.69) is 10.4 Å². The molecule has 1 heterocycles. The van der Waals surface area contributed by atoms with E-state index in [0.29, 0.717) is 17.1 Å². The maximum absolute atomic E-state index is 11.8. The summed E-state index contributed by atoms with van der Waals surface area (Å²) < 4.78 is 1.52. The van der Waals surface area contributed by atoms with Crippen molar-refractivity contribution in [3.8, 4) is 0 Å². The molecular weight excluding hydrogens is 204 g/mol. The number of carbonyl (C=O) groups excluding carboxylic acids is 1. The quantitative estimate of drug-likeness (QED) is 0.742. The summed E-state index contributed by atoms with van der Waals surface area (Å²) in [7, 11) is 1.72. The molecule has 0 aliphatic carbocycles. The molecule has 0 unspecified atom stereocenters. The van der Waals surface area contributed by atoms with Crippen molar-refractivity contribution in [3.05, 3.63) is 42.2 Å². The van der Waals surface area contributed by atoms with Gasteiger partial charge in [-0.25, -0.2) is 0 Å². The van der Waals surface area contributed by atoms with Gasteiger partial charge in [0.05, 0.1) is 0 Å². The van der Waals surface area contributed by atoms with Gasteiger partial charge in [0.1, 0.15) is 5.69 Å². The maximum Gasteiger partial charge on any atom is 0.273 e. The molecule has 0 saturated carbocycles. The van der Waals surface area contributed by atoms with E-state index >= 15 is 0 Å². The number of nitrogens with one attached hydrogen (secondary N) is 1. The number of anilines is 2. The zero-order chi connectivity index (χ0) is 11.5. The molecule has 82 valence electrons. The number of hydrogen-bond acceptors (Lipinski definition) is 3. The molecule has 0 atom stereocenters. The molecule has 2 rings (SSSR count). The van der Waals surface area contributed by atoms with Crippen LogP contribution in [0, 0.1) is 0 Å². The predicted molar refractivity (Wildman–Crippen MR) is 62.0 cm³/mol. The second-order valence-electron chi connectivity index (χ2n) is 3.42. The highest BCUT2D eigenvalue weighted by Gasteiger charge is 2.09. The van der Waals surface area contributed by atoms with Gasteiger partial charge in [-0.3, -0.25) is 9.48 Å². The summed E-state index contributed by atoms with van der Waals surface area (Å²) >= 11 is 0. The van der Waals surface area contributed by atoms with Gasteiger partial charge in [-0.2, -0.15) is 5.10 Å². The normalized spacial score (nSPS) is 10.1. The van der Waals surface area contributed by atoms with E-state index in [1.165, 1.54) is 4.68 Å². The highest BCUT2D eigenvalue weighted by atomic mass is 16.2. The van der Waals surface area contributed by atoms with Crippen molar-refractivity contribution in [1.29, 1.82) is 0 Å². The summed E-state index contributed by atoms with van der Waals surface area (Å²) in [6, 6.07) is 8.69. The number of nitrogen functional groups attached to an aromatic ring is 1. The molecule has 0 aliphatic heterocycles. The second-order valence-corrected chi connectivity index (χ2v) is 3.42. The highest BCUT2D eigenvalue weighted by Crippen LogP contribution is 2.12. The van der Waals surface area contributed by atoms with E-state index < -0.39 is 0 Å². The summed E-state index contributed by atoms with van der Waals surface area (Å²) in [5, 5.41) is 6.67. The molecule has 1 aromatic heterocycles. The Kier molecular flexibility index (Phi) is 2.59. The largest absolute Gasteiger partial charge is 0.399 e. The fourth-order valence-electron chi connectivity index (χ4n) is 1.41. The lowest BCUT2D eigenvalue weighted by Crippen LogP contribution is -2.16. The summed E-state index contributed by atoms with van der Waals surface area (Å²) in [6.07, 6.45) is 1.58. The van der Waals surface area contributed by atoms with Crippen molar-refractivity contribution in [2.75, 3.05) is 11.1 Å². The lowest BCUT2D eigenvalue weighted by molar-refractivity contribution is 0.101. The zero-order valence-corrected chi connectivity index (χ0v) is 8.84. The van der Waals surface area contributed by atoms with Crippen molar-refractivity contribution in [2.24, 2.45) is 7.05 Å². The third kappa shape index (κ3) is 2.03. The molecule has 5 heteroatoms. The standard InChI is InChI=1S/C11H12N4O/c1-15-10(5-6-13-15)11(16)14-9-4-2-3-8(12)7-9/h2-7H,12H2,1H3,(H,14,16). The van der Waals surface area contributed by atoms with E-state index in [1.807, 2.05) is 0 Å². The van der Waals surface area contributed by atoms with Crippen molar-refractivity contribution in [1.82, 2.24) is 9.78 Å². The minimum atomic E-state index is -0.203. The number of nitrogens with two attached hydrogens (primary N) is 1. The Balaban J connectivity index is 2.17. The number of rotatable bonds is 2. The molecule has 0 radical (unpaired) electrons. The van der Waals surface area contributed by atoms with Gasteiger partial charge in [-0.05, 0) is 24.3 Å². The number of aryl methyl sites for hydroxylation is 1. The first-order valence-electron chi connectivity index (χ1n) is 4.82. The summed E-state index contributed by atoms with van der Waals surface area (Å²) in [4.78, 5) is 11.8. The molecule has 0 bridgehead atoms. The van der Waals surface area contributed by atoms with Crippen LogP contribution < -0.4 is 11.1 Å². The van der Waals surface area contributed by atoms with Crippen LogP contribution in [0.1, 0.15) is 10.5 Å². The van der Waals surface area contributed by atoms with Gasteiger partial charge in [0.25, 0.3) is 5.91 Å². The van der Waals surface area contributed by atoms with E-state index in [0.717, 1.165) is 0 Å². The molecule has 0 fully saturated rings. The van der Waals surface area contributed by atoms with E-state index in [4.69, 9.17) is 5.73 Å². The Labute approximate surface area is 92.9 Å². The smallest absolute Gasteiger partial charge is 0.273 e. The lowest BCUT2D eigenvalue weighted by atomic mass is 10.2. The van der Waals surface area contributed by atoms with Gasteiger partial charge in [-0.1, -0.05) is 6.07 Å². The Morgan fingerprint density at radius 3 is 2.88 bits per heavy atom. The molecular formula is C11H12N4O. The number of amides is 1. The average molecular weight is 216 g/mol. The first-order valence-corrected chi connectivity index (χ1v) is 4.82. The van der Waals surface area contributed by atoms with Crippen LogP contribution in [0.25, 0.3) is 0 Å². The first-order chi connectivity index (χ1) is 7.66. The Hall–Kier alpha value is -2.30. The van der Waals surface area contributed by atoms with Crippen LogP contribution in [0.4, 0.5) is 11.4 Å². The van der Waals surface area contributed by atoms with Crippen molar-refractivity contribution in [2.45, 2.75) is 0 Å². The van der Waals surface area contributed by atoms with Gasteiger partial charge in [0, 0.05) is 24.6 Å². The fraction of sp³-hybridized carbons (Fsp3) is 0.0909. The predicted octanol–water partition coefficient (Wildman–Crippen LogP) is 1.25. The van der Waals surface area contributed by atoms with Gasteiger partial charge >= 0.3 is 0 Å². The van der Waals surface area contributed by atoms with E-state index in [-0.39, 0.29) is 5.91 Å². The number of benzene rings is 1. The van der Waals surface area contributed by atoms with E-state index in [1.54, 1.807) is 43.6 Å². The van der Waals surface area contributed by atoms with Crippen molar-refractivity contribution < 1.29 is 4.79 Å². The fourth-order valence-corrected chi connectivity index (χ4v) is 1.41. The Morgan fingerprint density at radius 2 is 2.25 bits per heavy atom. The van der Waals surface area contributed by atoms with Crippen LogP contribution in [0.2, 0.25) is 0 Å². The third-order valence-electron chi connectivity index (χ3n) is 2.20. The molecule has 1 amide bonds. The molecule has 0 aliphatic rings. The van der Waals surface area contributed by atoms with Gasteiger partial charge in [-0.15, -0.1) is 0 Å². The SMILES string of the molecule is Cn1nccc1C(=O)Nc1cccc(N)c1. The number of hydrogen-bond donors (Lipinski definition) is 2. The average Bonchev–Trinajstić information content (AvgIpc) is 2.64. The molecule has 0 saturated heterocycles. The van der Waals surface area contributed by atoms with Crippen LogP contribution in [-0.2, 0) is 7.05 Å². The molecule has 1 aromatic carbocycles. The van der Waals surface area contributed by atoms with Crippen molar-refractivity contribution in [3.63, 3.8) is 0 Å².